The molecule has 1 amide bonds. The third kappa shape index (κ3) is 4.88. The number of rotatable bonds is 5. The number of benzene rings is 1. The van der Waals surface area contributed by atoms with Crippen LogP contribution in [0.2, 0.25) is 0 Å². The van der Waals surface area contributed by atoms with Crippen molar-refractivity contribution in [1.82, 2.24) is 24.5 Å². The maximum Gasteiger partial charge on any atom is 0.274 e. The van der Waals surface area contributed by atoms with Crippen molar-refractivity contribution >= 4 is 15.7 Å². The SMILES string of the molecule is O=C(c1nn([C@H]2CCCN(CCN3CCOCC3)C2)c2c1CS(=O)(=O)c1c(F)cccc1-2)N1CCOCC1. The van der Waals surface area contributed by atoms with Gasteiger partial charge < -0.3 is 14.4 Å². The highest BCUT2D eigenvalue weighted by molar-refractivity contribution is 7.91. The zero-order chi connectivity index (χ0) is 26.3. The van der Waals surface area contributed by atoms with Crippen LogP contribution < -0.4 is 0 Å². The van der Waals surface area contributed by atoms with Crippen molar-refractivity contribution in [2.45, 2.75) is 29.5 Å². The molecule has 0 aliphatic carbocycles. The van der Waals surface area contributed by atoms with Crippen LogP contribution in [-0.4, -0.2) is 118 Å². The molecule has 4 aliphatic heterocycles. The summed E-state index contributed by atoms with van der Waals surface area (Å²) in [5.74, 6) is -1.49. The summed E-state index contributed by atoms with van der Waals surface area (Å²) < 4.78 is 54.1. The summed E-state index contributed by atoms with van der Waals surface area (Å²) >= 11 is 0. The van der Waals surface area contributed by atoms with E-state index in [0.717, 1.165) is 65.3 Å². The first-order chi connectivity index (χ1) is 18.4. The Labute approximate surface area is 222 Å². The van der Waals surface area contributed by atoms with Crippen LogP contribution >= 0.6 is 0 Å². The van der Waals surface area contributed by atoms with Gasteiger partial charge in [-0.05, 0) is 25.5 Å². The number of sulfone groups is 1. The molecule has 0 spiro atoms. The average Bonchev–Trinajstić information content (AvgIpc) is 3.31. The molecule has 0 N–H and O–H groups in total. The van der Waals surface area contributed by atoms with Crippen molar-refractivity contribution in [3.63, 3.8) is 0 Å². The number of ether oxygens (including phenoxy) is 2. The summed E-state index contributed by atoms with van der Waals surface area (Å²) in [6.07, 6.45) is 1.81. The number of aromatic nitrogens is 2. The van der Waals surface area contributed by atoms with Gasteiger partial charge in [-0.1, -0.05) is 12.1 Å². The van der Waals surface area contributed by atoms with Gasteiger partial charge in [-0.15, -0.1) is 0 Å². The Morgan fingerprint density at radius 2 is 1.71 bits per heavy atom. The zero-order valence-corrected chi connectivity index (χ0v) is 22.3. The largest absolute Gasteiger partial charge is 0.379 e. The second kappa shape index (κ2) is 10.6. The van der Waals surface area contributed by atoms with Crippen LogP contribution in [0.15, 0.2) is 23.1 Å². The van der Waals surface area contributed by atoms with Gasteiger partial charge in [0.25, 0.3) is 5.91 Å². The molecule has 3 saturated heterocycles. The van der Waals surface area contributed by atoms with Crippen molar-refractivity contribution in [3.8, 4) is 11.3 Å². The molecule has 4 aliphatic rings. The van der Waals surface area contributed by atoms with Gasteiger partial charge in [-0.3, -0.25) is 19.3 Å². The minimum absolute atomic E-state index is 0.0506. The summed E-state index contributed by atoms with van der Waals surface area (Å²) in [5, 5.41) is 4.81. The summed E-state index contributed by atoms with van der Waals surface area (Å²) in [4.78, 5) is 19.8. The minimum Gasteiger partial charge on any atom is -0.379 e. The van der Waals surface area contributed by atoms with Crippen molar-refractivity contribution in [3.05, 3.63) is 35.3 Å². The number of carbonyl (C=O) groups is 1. The number of amides is 1. The van der Waals surface area contributed by atoms with Crippen LogP contribution in [0.3, 0.4) is 0 Å². The number of piperidine rings is 1. The van der Waals surface area contributed by atoms with E-state index in [1.807, 2.05) is 4.68 Å². The molecule has 2 aromatic rings. The molecular weight excluding hydrogens is 513 g/mol. The number of morpholine rings is 2. The van der Waals surface area contributed by atoms with E-state index in [9.17, 15) is 17.6 Å². The van der Waals surface area contributed by atoms with E-state index in [0.29, 0.717) is 43.1 Å². The molecule has 5 heterocycles. The number of fused-ring (bicyclic) bond motifs is 3. The Morgan fingerprint density at radius 1 is 1.00 bits per heavy atom. The standard InChI is InChI=1S/C26H34FN5O5S/c27-22-5-1-4-20-24-21(18-38(34,35)25(20)22)23(26(33)31-11-15-37-16-12-31)28-32(24)19-3-2-6-30(17-19)8-7-29-9-13-36-14-10-29/h1,4-5,19H,2-3,6-18H2/t19-/m0/s1. The third-order valence-electron chi connectivity index (χ3n) is 8.04. The molecule has 38 heavy (non-hydrogen) atoms. The van der Waals surface area contributed by atoms with E-state index in [1.165, 1.54) is 12.1 Å². The third-order valence-corrected chi connectivity index (χ3v) is 9.75. The maximum absolute atomic E-state index is 14.9. The number of nitrogens with zero attached hydrogens (tertiary/aromatic N) is 5. The molecule has 0 bridgehead atoms. The Balaban J connectivity index is 1.36. The molecule has 0 radical (unpaired) electrons. The lowest BCUT2D eigenvalue weighted by atomic mass is 10.0. The monoisotopic (exact) mass is 547 g/mol. The van der Waals surface area contributed by atoms with Gasteiger partial charge in [0.05, 0.1) is 43.9 Å². The summed E-state index contributed by atoms with van der Waals surface area (Å²) in [7, 11) is -3.97. The fourth-order valence-corrected chi connectivity index (χ4v) is 7.72. The van der Waals surface area contributed by atoms with Crippen molar-refractivity contribution in [2.24, 2.45) is 0 Å². The normalized spacial score (nSPS) is 24.1. The van der Waals surface area contributed by atoms with Crippen molar-refractivity contribution in [1.29, 1.82) is 0 Å². The second-order valence-electron chi connectivity index (χ2n) is 10.5. The molecule has 0 saturated carbocycles. The van der Waals surface area contributed by atoms with Gasteiger partial charge in [0.15, 0.2) is 15.5 Å². The van der Waals surface area contributed by atoms with E-state index in [4.69, 9.17) is 14.6 Å². The van der Waals surface area contributed by atoms with E-state index < -0.39 is 21.4 Å². The van der Waals surface area contributed by atoms with Gasteiger partial charge >= 0.3 is 0 Å². The number of hydrogen-bond donors (Lipinski definition) is 0. The highest BCUT2D eigenvalue weighted by Crippen LogP contribution is 2.43. The Kier molecular flexibility index (Phi) is 7.25. The first-order valence-electron chi connectivity index (χ1n) is 13.4. The molecule has 12 heteroatoms. The Hall–Kier alpha value is -2.38. The van der Waals surface area contributed by atoms with Gasteiger partial charge in [-0.25, -0.2) is 12.8 Å². The fourth-order valence-electron chi connectivity index (χ4n) is 6.06. The molecule has 1 aromatic carbocycles. The van der Waals surface area contributed by atoms with E-state index in [1.54, 1.807) is 11.0 Å². The lowest BCUT2D eigenvalue weighted by Gasteiger charge is -2.36. The van der Waals surface area contributed by atoms with Crippen LogP contribution in [0, 0.1) is 5.82 Å². The predicted molar refractivity (Wildman–Crippen MR) is 137 cm³/mol. The smallest absolute Gasteiger partial charge is 0.274 e. The van der Waals surface area contributed by atoms with Gasteiger partial charge in [0, 0.05) is 56.9 Å². The van der Waals surface area contributed by atoms with Crippen LogP contribution in [0.25, 0.3) is 11.3 Å². The lowest BCUT2D eigenvalue weighted by molar-refractivity contribution is 0.0294. The topological polar surface area (TPSA) is 97.2 Å². The van der Waals surface area contributed by atoms with Crippen LogP contribution in [-0.2, 0) is 25.1 Å². The van der Waals surface area contributed by atoms with Crippen LogP contribution in [0.1, 0.15) is 34.9 Å². The molecule has 6 rings (SSSR count). The van der Waals surface area contributed by atoms with Crippen molar-refractivity contribution < 1.29 is 27.1 Å². The average molecular weight is 548 g/mol. The molecule has 3 fully saturated rings. The fraction of sp³-hybridized carbons (Fsp3) is 0.615. The van der Waals surface area contributed by atoms with E-state index in [-0.39, 0.29) is 22.5 Å². The Morgan fingerprint density at radius 3 is 2.47 bits per heavy atom. The van der Waals surface area contributed by atoms with Crippen LogP contribution in [0.5, 0.6) is 0 Å². The number of halogens is 1. The maximum atomic E-state index is 14.9. The van der Waals surface area contributed by atoms with E-state index >= 15 is 0 Å². The minimum atomic E-state index is -3.97. The zero-order valence-electron chi connectivity index (χ0n) is 21.5. The van der Waals surface area contributed by atoms with Gasteiger partial charge in [0.2, 0.25) is 0 Å². The first kappa shape index (κ1) is 25.9. The number of hydrogen-bond acceptors (Lipinski definition) is 8. The summed E-state index contributed by atoms with van der Waals surface area (Å²) in [6, 6.07) is 4.28. The Bertz CT molecular complexity index is 1300. The highest BCUT2D eigenvalue weighted by Gasteiger charge is 2.40. The molecule has 0 unspecified atom stereocenters. The highest BCUT2D eigenvalue weighted by atomic mass is 32.2. The molecule has 1 aromatic heterocycles. The lowest BCUT2D eigenvalue weighted by Crippen LogP contribution is -2.44. The summed E-state index contributed by atoms with van der Waals surface area (Å²) in [6.45, 7) is 8.71. The second-order valence-corrected chi connectivity index (χ2v) is 12.4. The predicted octanol–water partition coefficient (Wildman–Crippen LogP) is 1.42. The summed E-state index contributed by atoms with van der Waals surface area (Å²) in [5.41, 5.74) is 1.40. The van der Waals surface area contributed by atoms with Gasteiger partial charge in [0.1, 0.15) is 10.7 Å². The number of carbonyl (C=O) groups excluding carboxylic acids is 1. The molecular formula is C26H34FN5O5S. The van der Waals surface area contributed by atoms with Crippen LogP contribution in [0.4, 0.5) is 4.39 Å². The quantitative estimate of drug-likeness (QED) is 0.555. The van der Waals surface area contributed by atoms with Gasteiger partial charge in [-0.2, -0.15) is 5.10 Å². The van der Waals surface area contributed by atoms with Crippen molar-refractivity contribution in [2.75, 3.05) is 78.8 Å². The molecule has 10 nitrogen and oxygen atoms in total. The molecule has 1 atom stereocenters. The first-order valence-corrected chi connectivity index (χ1v) is 15.1. The van der Waals surface area contributed by atoms with E-state index in [2.05, 4.69) is 9.80 Å². The molecule has 206 valence electrons. The number of likely N-dealkylation sites (tertiary alicyclic amines) is 1.